The Morgan fingerprint density at radius 2 is 2.00 bits per heavy atom. The molecule has 0 fully saturated rings. The average molecular weight is 372 g/mol. The molecule has 7 heteroatoms. The number of hydrogen-bond donors (Lipinski definition) is 3. The lowest BCUT2D eigenvalue weighted by atomic mass is 10.1. The van der Waals surface area contributed by atoms with Crippen molar-refractivity contribution >= 4 is 33.9 Å². The van der Waals surface area contributed by atoms with Crippen LogP contribution in [0.1, 0.15) is 5.56 Å². The van der Waals surface area contributed by atoms with E-state index in [2.05, 4.69) is 31.7 Å². The van der Waals surface area contributed by atoms with Gasteiger partial charge < -0.3 is 21.1 Å². The fraction of sp³-hybridized carbons (Fsp3) is 0.0952. The van der Waals surface area contributed by atoms with Gasteiger partial charge in [-0.05, 0) is 35.9 Å². The third-order valence-electron chi connectivity index (χ3n) is 4.28. The Balaban J connectivity index is 1.50. The van der Waals surface area contributed by atoms with Crippen LogP contribution in [0.15, 0.2) is 67.1 Å². The van der Waals surface area contributed by atoms with Gasteiger partial charge in [-0.1, -0.05) is 12.1 Å². The molecule has 0 spiro atoms. The van der Waals surface area contributed by atoms with Crippen LogP contribution in [0.5, 0.6) is 5.75 Å². The second kappa shape index (κ2) is 7.79. The third kappa shape index (κ3) is 3.93. The summed E-state index contributed by atoms with van der Waals surface area (Å²) in [6, 6.07) is 15.6. The fourth-order valence-corrected chi connectivity index (χ4v) is 2.85. The zero-order chi connectivity index (χ0) is 19.3. The van der Waals surface area contributed by atoms with Gasteiger partial charge in [-0.15, -0.1) is 0 Å². The van der Waals surface area contributed by atoms with Crippen molar-refractivity contribution in [3.63, 3.8) is 0 Å². The summed E-state index contributed by atoms with van der Waals surface area (Å²) in [4.78, 5) is 13.0. The number of benzene rings is 1. The smallest absolute Gasteiger partial charge is 0.151 e. The van der Waals surface area contributed by atoms with E-state index in [0.717, 1.165) is 22.2 Å². The van der Waals surface area contributed by atoms with Crippen molar-refractivity contribution in [1.29, 1.82) is 0 Å². The molecule has 4 N–H and O–H groups in total. The van der Waals surface area contributed by atoms with E-state index in [9.17, 15) is 0 Å². The van der Waals surface area contributed by atoms with Gasteiger partial charge in [0.1, 0.15) is 11.6 Å². The lowest BCUT2D eigenvalue weighted by Crippen LogP contribution is -2.06. The first-order valence-electron chi connectivity index (χ1n) is 8.81. The largest absolute Gasteiger partial charge is 0.495 e. The Bertz CT molecular complexity index is 1110. The maximum absolute atomic E-state index is 6.09. The maximum atomic E-state index is 6.09. The molecule has 3 aromatic heterocycles. The molecule has 0 bridgehead atoms. The van der Waals surface area contributed by atoms with Gasteiger partial charge >= 0.3 is 0 Å². The van der Waals surface area contributed by atoms with Crippen LogP contribution in [0.2, 0.25) is 0 Å². The SMILES string of the molecule is COc1cncc(Nc2ccc(N)c(NCc3ccc4ncccc4c3)n2)c1. The molecule has 0 aliphatic rings. The molecule has 7 nitrogen and oxygen atoms in total. The van der Waals surface area contributed by atoms with Crippen molar-refractivity contribution in [2.24, 2.45) is 0 Å². The van der Waals surface area contributed by atoms with Crippen LogP contribution in [0, 0.1) is 0 Å². The zero-order valence-corrected chi connectivity index (χ0v) is 15.4. The zero-order valence-electron chi connectivity index (χ0n) is 15.4. The highest BCUT2D eigenvalue weighted by molar-refractivity contribution is 5.79. The molecule has 0 aliphatic heterocycles. The van der Waals surface area contributed by atoms with Crippen LogP contribution < -0.4 is 21.1 Å². The predicted molar refractivity (Wildman–Crippen MR) is 112 cm³/mol. The van der Waals surface area contributed by atoms with Crippen LogP contribution >= 0.6 is 0 Å². The number of aromatic nitrogens is 3. The summed E-state index contributed by atoms with van der Waals surface area (Å²) >= 11 is 0. The number of methoxy groups -OCH3 is 1. The highest BCUT2D eigenvalue weighted by atomic mass is 16.5. The molecule has 1 aromatic carbocycles. The molecule has 0 saturated carbocycles. The quantitative estimate of drug-likeness (QED) is 0.471. The Morgan fingerprint density at radius 1 is 1.07 bits per heavy atom. The third-order valence-corrected chi connectivity index (χ3v) is 4.28. The first-order valence-corrected chi connectivity index (χ1v) is 8.81. The van der Waals surface area contributed by atoms with E-state index >= 15 is 0 Å². The monoisotopic (exact) mass is 372 g/mol. The second-order valence-electron chi connectivity index (χ2n) is 6.26. The van der Waals surface area contributed by atoms with Crippen molar-refractivity contribution in [2.45, 2.75) is 6.54 Å². The number of anilines is 4. The summed E-state index contributed by atoms with van der Waals surface area (Å²) in [6.07, 6.45) is 5.14. The lowest BCUT2D eigenvalue weighted by Gasteiger charge is -2.12. The number of pyridine rings is 3. The second-order valence-corrected chi connectivity index (χ2v) is 6.26. The van der Waals surface area contributed by atoms with Gasteiger partial charge in [-0.2, -0.15) is 0 Å². The number of rotatable bonds is 6. The van der Waals surface area contributed by atoms with Gasteiger partial charge in [0.25, 0.3) is 0 Å². The summed E-state index contributed by atoms with van der Waals surface area (Å²) in [5, 5.41) is 7.62. The maximum Gasteiger partial charge on any atom is 0.151 e. The predicted octanol–water partition coefficient (Wildman–Crippen LogP) is 3.97. The number of nitrogen functional groups attached to an aromatic ring is 1. The van der Waals surface area contributed by atoms with E-state index in [0.29, 0.717) is 29.6 Å². The molecule has 0 radical (unpaired) electrons. The van der Waals surface area contributed by atoms with Gasteiger partial charge in [0.15, 0.2) is 5.82 Å². The van der Waals surface area contributed by atoms with Crippen LogP contribution in [0.25, 0.3) is 10.9 Å². The molecule has 28 heavy (non-hydrogen) atoms. The Morgan fingerprint density at radius 3 is 2.89 bits per heavy atom. The van der Waals surface area contributed by atoms with Gasteiger partial charge in [0, 0.05) is 24.2 Å². The molecule has 0 unspecified atom stereocenters. The van der Waals surface area contributed by atoms with Gasteiger partial charge in [-0.3, -0.25) is 9.97 Å². The Hall–Kier alpha value is -3.87. The minimum absolute atomic E-state index is 0.580. The van der Waals surface area contributed by atoms with Crippen molar-refractivity contribution in [3.8, 4) is 5.75 Å². The molecule has 3 heterocycles. The lowest BCUT2D eigenvalue weighted by molar-refractivity contribution is 0.413. The van der Waals surface area contributed by atoms with Crippen molar-refractivity contribution in [2.75, 3.05) is 23.5 Å². The number of fused-ring (bicyclic) bond motifs is 1. The van der Waals surface area contributed by atoms with Crippen LogP contribution in [0.4, 0.5) is 23.0 Å². The van der Waals surface area contributed by atoms with E-state index in [1.165, 1.54) is 0 Å². The van der Waals surface area contributed by atoms with E-state index in [1.54, 1.807) is 25.7 Å². The number of nitrogens with one attached hydrogen (secondary N) is 2. The van der Waals surface area contributed by atoms with E-state index in [1.807, 2.05) is 42.5 Å². The summed E-state index contributed by atoms with van der Waals surface area (Å²) in [5.74, 6) is 1.95. The van der Waals surface area contributed by atoms with Gasteiger partial charge in [0.05, 0.1) is 36.4 Å². The van der Waals surface area contributed by atoms with Gasteiger partial charge in [0.2, 0.25) is 0 Å². The van der Waals surface area contributed by atoms with Crippen LogP contribution in [-0.2, 0) is 6.54 Å². The highest BCUT2D eigenvalue weighted by Crippen LogP contribution is 2.23. The molecule has 4 rings (SSSR count). The minimum Gasteiger partial charge on any atom is -0.495 e. The molecule has 0 saturated heterocycles. The van der Waals surface area contributed by atoms with E-state index < -0.39 is 0 Å². The average Bonchev–Trinajstić information content (AvgIpc) is 2.74. The first-order chi connectivity index (χ1) is 13.7. The summed E-state index contributed by atoms with van der Waals surface area (Å²) < 4.78 is 5.19. The number of nitrogens with two attached hydrogens (primary N) is 1. The molecular weight excluding hydrogens is 352 g/mol. The van der Waals surface area contributed by atoms with Crippen LogP contribution in [0.3, 0.4) is 0 Å². The topological polar surface area (TPSA) is 98.0 Å². The van der Waals surface area contributed by atoms with E-state index in [-0.39, 0.29) is 0 Å². The molecule has 0 atom stereocenters. The van der Waals surface area contributed by atoms with Crippen molar-refractivity contribution < 1.29 is 4.74 Å². The molecule has 4 aromatic rings. The van der Waals surface area contributed by atoms with E-state index in [4.69, 9.17) is 10.5 Å². The summed E-state index contributed by atoms with van der Waals surface area (Å²) in [5.41, 5.74) is 9.55. The van der Waals surface area contributed by atoms with Gasteiger partial charge in [-0.25, -0.2) is 4.98 Å². The number of nitrogens with zero attached hydrogens (tertiary/aromatic N) is 3. The number of hydrogen-bond acceptors (Lipinski definition) is 7. The number of ether oxygens (including phenoxy) is 1. The Kier molecular flexibility index (Phi) is 4.88. The minimum atomic E-state index is 0.580. The molecular formula is C21H20N6O. The first kappa shape index (κ1) is 17.5. The Labute approximate surface area is 162 Å². The molecule has 0 aliphatic carbocycles. The standard InChI is InChI=1S/C21H20N6O/c1-28-17-10-16(12-23-13-17)26-20-7-5-18(22)21(27-20)25-11-14-4-6-19-15(9-14)3-2-8-24-19/h2-10,12-13H,11,22H2,1H3,(H2,25,26,27). The summed E-state index contributed by atoms with van der Waals surface area (Å²) in [6.45, 7) is 0.603. The highest BCUT2D eigenvalue weighted by Gasteiger charge is 2.05. The van der Waals surface area contributed by atoms with Crippen LogP contribution in [-0.4, -0.2) is 22.1 Å². The van der Waals surface area contributed by atoms with Crippen molar-refractivity contribution in [3.05, 3.63) is 72.7 Å². The summed E-state index contributed by atoms with van der Waals surface area (Å²) in [7, 11) is 1.60. The molecule has 0 amide bonds. The molecule has 140 valence electrons. The fourth-order valence-electron chi connectivity index (χ4n) is 2.85. The van der Waals surface area contributed by atoms with Crippen molar-refractivity contribution in [1.82, 2.24) is 15.0 Å². The normalized spacial score (nSPS) is 10.6.